The molecule has 53 heavy (non-hydrogen) atoms. The number of esters is 1. The topological polar surface area (TPSA) is 110 Å². The molecule has 7 rings (SSSR count). The molecule has 2 amide bonds. The molecule has 2 aromatic heterocycles. The van der Waals surface area contributed by atoms with E-state index in [0.29, 0.717) is 26.2 Å². The van der Waals surface area contributed by atoms with Crippen molar-refractivity contribution in [3.8, 4) is 0 Å². The average molecular weight is 721 g/mol. The molecule has 9 nitrogen and oxygen atoms in total. The second-order valence-corrected chi connectivity index (χ2v) is 13.7. The van der Waals surface area contributed by atoms with Crippen LogP contribution in [0.4, 0.5) is 8.78 Å². The number of benzene rings is 3. The Bertz CT molecular complexity index is 2110. The molecular weight excluding hydrogens is 678 g/mol. The first kappa shape index (κ1) is 37.2. The Kier molecular flexibility index (Phi) is 11.8. The number of rotatable bonds is 6. The number of halogens is 2. The third-order valence-electron chi connectivity index (χ3n) is 10.4. The summed E-state index contributed by atoms with van der Waals surface area (Å²) in [5.41, 5.74) is 4.71. The van der Waals surface area contributed by atoms with Crippen molar-refractivity contribution in [3.63, 3.8) is 0 Å². The van der Waals surface area contributed by atoms with E-state index < -0.39 is 11.9 Å². The van der Waals surface area contributed by atoms with Gasteiger partial charge >= 0.3 is 11.9 Å². The Labute approximate surface area is 307 Å². The molecular formula is C42H42F2N4O5. The molecule has 5 aromatic rings. The van der Waals surface area contributed by atoms with Crippen molar-refractivity contribution >= 4 is 45.4 Å². The number of carbonyl (C=O) groups is 4. The predicted molar refractivity (Wildman–Crippen MR) is 197 cm³/mol. The number of piperidine rings is 2. The lowest BCUT2D eigenvalue weighted by Crippen LogP contribution is -2.42. The van der Waals surface area contributed by atoms with Crippen LogP contribution in [0.1, 0.15) is 73.5 Å². The summed E-state index contributed by atoms with van der Waals surface area (Å²) in [5.74, 6) is -2.27. The Morgan fingerprint density at radius 3 is 1.64 bits per heavy atom. The van der Waals surface area contributed by atoms with Crippen LogP contribution in [0.15, 0.2) is 91.3 Å². The summed E-state index contributed by atoms with van der Waals surface area (Å²) in [6.45, 7) is 4.01. The minimum Gasteiger partial charge on any atom is -0.462 e. The number of likely N-dealkylation sites (tertiary alicyclic amines) is 2. The van der Waals surface area contributed by atoms with Crippen LogP contribution in [0.3, 0.4) is 0 Å². The van der Waals surface area contributed by atoms with E-state index in [4.69, 9.17) is 0 Å². The van der Waals surface area contributed by atoms with E-state index in [2.05, 4.69) is 14.7 Å². The fourth-order valence-corrected chi connectivity index (χ4v) is 7.44. The zero-order chi connectivity index (χ0) is 37.5. The molecule has 2 fully saturated rings. The number of aromatic nitrogens is 2. The Morgan fingerprint density at radius 1 is 0.698 bits per heavy atom. The lowest BCUT2D eigenvalue weighted by molar-refractivity contribution is -0.158. The Balaban J connectivity index is 0.000000188. The maximum absolute atomic E-state index is 13.7. The summed E-state index contributed by atoms with van der Waals surface area (Å²) >= 11 is 0. The molecule has 2 aliphatic heterocycles. The number of fused-ring (bicyclic) bond motifs is 2. The summed E-state index contributed by atoms with van der Waals surface area (Å²) < 4.78 is 31.8. The van der Waals surface area contributed by atoms with Gasteiger partial charge in [-0.05, 0) is 109 Å². The third kappa shape index (κ3) is 8.73. The van der Waals surface area contributed by atoms with Crippen molar-refractivity contribution in [1.29, 1.82) is 0 Å². The van der Waals surface area contributed by atoms with E-state index in [0.717, 1.165) is 64.2 Å². The van der Waals surface area contributed by atoms with E-state index in [9.17, 15) is 28.0 Å². The third-order valence-corrected chi connectivity index (χ3v) is 10.4. The first-order chi connectivity index (χ1) is 25.6. The van der Waals surface area contributed by atoms with Crippen LogP contribution < -0.4 is 0 Å². The van der Waals surface area contributed by atoms with Crippen LogP contribution in [0.25, 0.3) is 21.8 Å². The first-order valence-corrected chi connectivity index (χ1v) is 18.0. The van der Waals surface area contributed by atoms with Gasteiger partial charge in [-0.1, -0.05) is 37.3 Å². The van der Waals surface area contributed by atoms with Crippen molar-refractivity contribution in [2.24, 2.45) is 0 Å². The second-order valence-electron chi connectivity index (χ2n) is 13.7. The van der Waals surface area contributed by atoms with Crippen molar-refractivity contribution in [2.75, 3.05) is 33.3 Å². The number of nitrogens with zero attached hydrogens (tertiary/aromatic N) is 4. The molecule has 274 valence electrons. The van der Waals surface area contributed by atoms with Crippen LogP contribution in [0.2, 0.25) is 0 Å². The summed E-state index contributed by atoms with van der Waals surface area (Å²) in [5, 5.41) is 1.64. The van der Waals surface area contributed by atoms with Gasteiger partial charge < -0.3 is 14.5 Å². The van der Waals surface area contributed by atoms with Gasteiger partial charge in [-0.15, -0.1) is 0 Å². The van der Waals surface area contributed by atoms with Crippen molar-refractivity contribution < 1.29 is 32.7 Å². The van der Waals surface area contributed by atoms with Gasteiger partial charge in [0.25, 0.3) is 5.91 Å². The normalized spacial score (nSPS) is 15.8. The fourth-order valence-electron chi connectivity index (χ4n) is 7.44. The highest BCUT2D eigenvalue weighted by atomic mass is 19.1. The highest BCUT2D eigenvalue weighted by molar-refractivity contribution is 6.36. The molecule has 2 aliphatic rings. The molecule has 1 atom stereocenters. The van der Waals surface area contributed by atoms with Gasteiger partial charge in [-0.2, -0.15) is 0 Å². The van der Waals surface area contributed by atoms with E-state index in [1.807, 2.05) is 49.4 Å². The maximum Gasteiger partial charge on any atom is 0.396 e. The standard InChI is InChI=1S/C25H25FN2O2.C17H17FN2O3/c1-17(18-5-3-2-4-6-18)15-24(29)25(30)28-13-10-19(11-14-28)21-9-12-27-23-8-7-20(26)16-22(21)23;1-23-17(22)16(21)20-8-5-11(6-9-20)13-4-7-19-15-3-2-12(18)10-14(13)15/h2-9,12,16-17,19H,10-11,13-15H2,1H3;2-4,7,10-11H,5-6,8-9H2,1H3. The molecule has 4 heterocycles. The van der Waals surface area contributed by atoms with E-state index in [1.165, 1.54) is 36.3 Å². The molecule has 0 saturated carbocycles. The van der Waals surface area contributed by atoms with Crippen molar-refractivity contribution in [3.05, 3.63) is 120 Å². The summed E-state index contributed by atoms with van der Waals surface area (Å²) in [6, 6.07) is 22.9. The van der Waals surface area contributed by atoms with E-state index >= 15 is 0 Å². The van der Waals surface area contributed by atoms with Crippen LogP contribution in [-0.2, 0) is 23.9 Å². The van der Waals surface area contributed by atoms with E-state index in [-0.39, 0.29) is 47.5 Å². The first-order valence-electron chi connectivity index (χ1n) is 18.0. The van der Waals surface area contributed by atoms with Gasteiger partial charge in [0.1, 0.15) is 11.6 Å². The lowest BCUT2D eigenvalue weighted by Gasteiger charge is -2.32. The molecule has 0 aliphatic carbocycles. The Hall–Kier alpha value is -5.58. The number of amides is 2. The summed E-state index contributed by atoms with van der Waals surface area (Å²) in [7, 11) is 1.20. The van der Waals surface area contributed by atoms with Crippen LogP contribution in [0.5, 0.6) is 0 Å². The molecule has 0 N–H and O–H groups in total. The lowest BCUT2D eigenvalue weighted by atomic mass is 9.87. The van der Waals surface area contributed by atoms with Crippen LogP contribution in [0, 0.1) is 11.6 Å². The number of ketones is 1. The number of carbonyl (C=O) groups excluding carboxylic acids is 4. The second kappa shape index (κ2) is 16.8. The van der Waals surface area contributed by atoms with Gasteiger partial charge in [0.05, 0.1) is 18.1 Å². The number of hydrogen-bond donors (Lipinski definition) is 0. The number of Topliss-reactive ketones (excluding diaryl/α,β-unsaturated/α-hetero) is 1. The van der Waals surface area contributed by atoms with Crippen molar-refractivity contribution in [1.82, 2.24) is 19.8 Å². The minimum atomic E-state index is -0.833. The average Bonchev–Trinajstić information content (AvgIpc) is 3.20. The molecule has 0 radical (unpaired) electrons. The monoisotopic (exact) mass is 720 g/mol. The highest BCUT2D eigenvalue weighted by Crippen LogP contribution is 2.34. The number of methoxy groups -OCH3 is 1. The zero-order valence-electron chi connectivity index (χ0n) is 29.8. The quantitative estimate of drug-likeness (QED) is 0.136. The van der Waals surface area contributed by atoms with E-state index in [1.54, 1.807) is 29.4 Å². The maximum atomic E-state index is 13.7. The zero-order valence-corrected chi connectivity index (χ0v) is 29.8. The minimum absolute atomic E-state index is 0.0123. The largest absolute Gasteiger partial charge is 0.462 e. The van der Waals surface area contributed by atoms with Gasteiger partial charge in [0.2, 0.25) is 5.78 Å². The molecule has 11 heteroatoms. The summed E-state index contributed by atoms with van der Waals surface area (Å²) in [6.07, 6.45) is 6.64. The molecule has 3 aromatic carbocycles. The van der Waals surface area contributed by atoms with Crippen LogP contribution >= 0.6 is 0 Å². The highest BCUT2D eigenvalue weighted by Gasteiger charge is 2.30. The molecule has 0 bridgehead atoms. The van der Waals surface area contributed by atoms with Gasteiger partial charge in [0.15, 0.2) is 0 Å². The van der Waals surface area contributed by atoms with Crippen molar-refractivity contribution in [2.45, 2.75) is 56.8 Å². The smallest absolute Gasteiger partial charge is 0.396 e. The SMILES string of the molecule is CC(CC(=O)C(=O)N1CCC(c2ccnc3ccc(F)cc23)CC1)c1ccccc1.COC(=O)C(=O)N1CCC(c2ccnc3ccc(F)cc23)CC1. The number of hydrogen-bond acceptors (Lipinski definition) is 7. The Morgan fingerprint density at radius 2 is 1.17 bits per heavy atom. The fraction of sp³-hybridized carbons (Fsp3) is 0.333. The molecule has 0 spiro atoms. The molecule has 2 saturated heterocycles. The number of pyridine rings is 2. The van der Waals surface area contributed by atoms with Crippen LogP contribution in [-0.4, -0.2) is 76.6 Å². The number of ether oxygens (including phenoxy) is 1. The summed E-state index contributed by atoms with van der Waals surface area (Å²) in [4.78, 5) is 60.1. The van der Waals surface area contributed by atoms with Gasteiger partial charge in [-0.3, -0.25) is 24.4 Å². The molecule has 1 unspecified atom stereocenters. The van der Waals surface area contributed by atoms with Gasteiger partial charge in [-0.25, -0.2) is 13.6 Å². The predicted octanol–water partition coefficient (Wildman–Crippen LogP) is 7.10. The van der Waals surface area contributed by atoms with Gasteiger partial charge in [0, 0.05) is 55.8 Å².